The predicted molar refractivity (Wildman–Crippen MR) is 84.6 cm³/mol. The Kier molecular flexibility index (Phi) is 4.46. The van der Waals surface area contributed by atoms with E-state index in [4.69, 9.17) is 5.14 Å². The molecular weight excluding hydrogens is 356 g/mol. The van der Waals surface area contributed by atoms with E-state index >= 15 is 0 Å². The molecule has 0 saturated carbocycles. The zero-order chi connectivity index (χ0) is 15.6. The van der Waals surface area contributed by atoms with Crippen LogP contribution in [-0.4, -0.2) is 14.3 Å². The van der Waals surface area contributed by atoms with Crippen LogP contribution in [0.5, 0.6) is 0 Å². The van der Waals surface area contributed by atoms with Gasteiger partial charge in [-0.05, 0) is 36.8 Å². The number of nitrogens with one attached hydrogen (secondary N) is 1. The lowest BCUT2D eigenvalue weighted by molar-refractivity contribution is 0.102. The summed E-state index contributed by atoms with van der Waals surface area (Å²) in [6.45, 7) is 1.90. The number of hydrogen-bond acceptors (Lipinski definition) is 3. The number of nitrogens with two attached hydrogens (primary N) is 1. The Hall–Kier alpha value is -1.70. The number of primary sulfonamides is 1. The van der Waals surface area contributed by atoms with Gasteiger partial charge in [0.1, 0.15) is 4.90 Å². The van der Waals surface area contributed by atoms with E-state index in [1.54, 1.807) is 24.3 Å². The molecule has 0 radical (unpaired) electrons. The maximum Gasteiger partial charge on any atom is 0.255 e. The van der Waals surface area contributed by atoms with E-state index in [0.717, 1.165) is 10.0 Å². The van der Waals surface area contributed by atoms with Gasteiger partial charge in [-0.15, -0.1) is 0 Å². The number of anilines is 1. The monoisotopic (exact) mass is 368 g/mol. The maximum atomic E-state index is 12.2. The highest BCUT2D eigenvalue weighted by molar-refractivity contribution is 9.10. The average molecular weight is 369 g/mol. The summed E-state index contributed by atoms with van der Waals surface area (Å²) in [5, 5.41) is 7.69. The predicted octanol–water partition coefficient (Wildman–Crippen LogP) is 2.66. The molecule has 0 bridgehead atoms. The standard InChI is InChI=1S/C14H13BrN2O3S/c1-9-6-7-10(8-11(9)15)14(18)17-12-4-2-3-5-13(12)21(16,19)20/h2-8H,1H3,(H,17,18)(H2,16,19,20). The number of aryl methyl sites for hydroxylation is 1. The molecule has 110 valence electrons. The number of amides is 1. The number of halogens is 1. The summed E-state index contributed by atoms with van der Waals surface area (Å²) in [7, 11) is -3.90. The topological polar surface area (TPSA) is 89.3 Å². The molecule has 0 fully saturated rings. The molecule has 7 heteroatoms. The van der Waals surface area contributed by atoms with Crippen molar-refractivity contribution in [3.05, 3.63) is 58.1 Å². The average Bonchev–Trinajstić information content (AvgIpc) is 2.41. The molecule has 1 amide bonds. The van der Waals surface area contributed by atoms with Crippen LogP contribution in [-0.2, 0) is 10.0 Å². The number of carbonyl (C=O) groups excluding carboxylic acids is 1. The Labute approximate surface area is 131 Å². The third-order valence-electron chi connectivity index (χ3n) is 2.88. The van der Waals surface area contributed by atoms with Crippen molar-refractivity contribution in [2.75, 3.05) is 5.32 Å². The van der Waals surface area contributed by atoms with Gasteiger partial charge in [0.2, 0.25) is 10.0 Å². The van der Waals surface area contributed by atoms with Gasteiger partial charge < -0.3 is 5.32 Å². The number of benzene rings is 2. The lowest BCUT2D eigenvalue weighted by Crippen LogP contribution is -2.18. The Morgan fingerprint density at radius 1 is 1.19 bits per heavy atom. The number of sulfonamides is 1. The SMILES string of the molecule is Cc1ccc(C(=O)Nc2ccccc2S(N)(=O)=O)cc1Br. The summed E-state index contributed by atoms with van der Waals surface area (Å²) in [6, 6.07) is 11.1. The summed E-state index contributed by atoms with van der Waals surface area (Å²) in [4.78, 5) is 12.1. The van der Waals surface area contributed by atoms with Crippen molar-refractivity contribution in [3.8, 4) is 0 Å². The molecule has 0 saturated heterocycles. The van der Waals surface area contributed by atoms with Crippen LogP contribution in [0.15, 0.2) is 51.8 Å². The largest absolute Gasteiger partial charge is 0.321 e. The minimum absolute atomic E-state index is 0.121. The van der Waals surface area contributed by atoms with Crippen LogP contribution in [0, 0.1) is 6.92 Å². The van der Waals surface area contributed by atoms with Gasteiger partial charge in [0.25, 0.3) is 5.91 Å². The van der Waals surface area contributed by atoms with E-state index < -0.39 is 15.9 Å². The summed E-state index contributed by atoms with van der Waals surface area (Å²) < 4.78 is 23.8. The zero-order valence-electron chi connectivity index (χ0n) is 11.1. The van der Waals surface area contributed by atoms with Crippen molar-refractivity contribution in [1.82, 2.24) is 0 Å². The molecule has 0 heterocycles. The molecule has 5 nitrogen and oxygen atoms in total. The van der Waals surface area contributed by atoms with Gasteiger partial charge in [0.05, 0.1) is 5.69 Å². The molecule has 0 aromatic heterocycles. The van der Waals surface area contributed by atoms with Gasteiger partial charge in [0.15, 0.2) is 0 Å². The van der Waals surface area contributed by atoms with Crippen molar-refractivity contribution in [3.63, 3.8) is 0 Å². The molecule has 0 aliphatic carbocycles. The van der Waals surface area contributed by atoms with E-state index in [2.05, 4.69) is 21.2 Å². The van der Waals surface area contributed by atoms with Crippen LogP contribution < -0.4 is 10.5 Å². The summed E-state index contributed by atoms with van der Waals surface area (Å²) >= 11 is 3.35. The number of carbonyl (C=O) groups is 1. The third-order valence-corrected chi connectivity index (χ3v) is 4.70. The van der Waals surface area contributed by atoms with Gasteiger partial charge in [-0.1, -0.05) is 34.1 Å². The highest BCUT2D eigenvalue weighted by atomic mass is 79.9. The molecular formula is C14H13BrN2O3S. The first-order chi connectivity index (χ1) is 9.79. The smallest absolute Gasteiger partial charge is 0.255 e. The number of rotatable bonds is 3. The van der Waals surface area contributed by atoms with Gasteiger partial charge in [-0.3, -0.25) is 4.79 Å². The van der Waals surface area contributed by atoms with Crippen LogP contribution in [0.25, 0.3) is 0 Å². The van der Waals surface area contributed by atoms with Crippen LogP contribution in [0.1, 0.15) is 15.9 Å². The van der Waals surface area contributed by atoms with E-state index in [-0.39, 0.29) is 10.6 Å². The maximum absolute atomic E-state index is 12.2. The Balaban J connectivity index is 2.34. The summed E-state index contributed by atoms with van der Waals surface area (Å²) in [6.07, 6.45) is 0. The van der Waals surface area contributed by atoms with Crippen LogP contribution in [0.4, 0.5) is 5.69 Å². The second kappa shape index (κ2) is 5.97. The lowest BCUT2D eigenvalue weighted by atomic mass is 10.1. The Bertz CT molecular complexity index is 804. The van der Waals surface area contributed by atoms with Crippen molar-refractivity contribution < 1.29 is 13.2 Å². The van der Waals surface area contributed by atoms with Gasteiger partial charge in [-0.2, -0.15) is 0 Å². The van der Waals surface area contributed by atoms with Crippen LogP contribution in [0.3, 0.4) is 0 Å². The fourth-order valence-electron chi connectivity index (χ4n) is 1.75. The van der Waals surface area contributed by atoms with E-state index in [1.165, 1.54) is 18.2 Å². The first-order valence-corrected chi connectivity index (χ1v) is 8.32. The quantitative estimate of drug-likeness (QED) is 0.872. The normalized spacial score (nSPS) is 11.2. The van der Waals surface area contributed by atoms with Crippen molar-refractivity contribution in [2.24, 2.45) is 5.14 Å². The molecule has 2 aromatic carbocycles. The van der Waals surface area contributed by atoms with Crippen LogP contribution in [0.2, 0.25) is 0 Å². The zero-order valence-corrected chi connectivity index (χ0v) is 13.5. The van der Waals surface area contributed by atoms with Crippen molar-refractivity contribution >= 4 is 37.5 Å². The second-order valence-electron chi connectivity index (χ2n) is 4.46. The van der Waals surface area contributed by atoms with Gasteiger partial charge in [0, 0.05) is 10.0 Å². The fourth-order valence-corrected chi connectivity index (χ4v) is 2.82. The molecule has 3 N–H and O–H groups in total. The lowest BCUT2D eigenvalue weighted by Gasteiger charge is -2.10. The molecule has 2 rings (SSSR count). The summed E-state index contributed by atoms with van der Waals surface area (Å²) in [5.41, 5.74) is 1.56. The molecule has 2 aromatic rings. The Morgan fingerprint density at radius 3 is 2.48 bits per heavy atom. The first kappa shape index (κ1) is 15.7. The highest BCUT2D eigenvalue weighted by Gasteiger charge is 2.16. The molecule has 0 atom stereocenters. The third kappa shape index (κ3) is 3.69. The summed E-state index contributed by atoms with van der Waals surface area (Å²) in [5.74, 6) is -0.410. The minimum atomic E-state index is -3.90. The molecule has 21 heavy (non-hydrogen) atoms. The molecule has 0 aliphatic heterocycles. The Morgan fingerprint density at radius 2 is 1.86 bits per heavy atom. The minimum Gasteiger partial charge on any atom is -0.321 e. The number of para-hydroxylation sites is 1. The van der Waals surface area contributed by atoms with Gasteiger partial charge in [-0.25, -0.2) is 13.6 Å². The highest BCUT2D eigenvalue weighted by Crippen LogP contribution is 2.22. The van der Waals surface area contributed by atoms with Crippen LogP contribution >= 0.6 is 15.9 Å². The van der Waals surface area contributed by atoms with E-state index in [0.29, 0.717) is 5.56 Å². The first-order valence-electron chi connectivity index (χ1n) is 5.98. The van der Waals surface area contributed by atoms with E-state index in [1.807, 2.05) is 6.92 Å². The van der Waals surface area contributed by atoms with Crippen molar-refractivity contribution in [2.45, 2.75) is 11.8 Å². The molecule has 0 spiro atoms. The fraction of sp³-hybridized carbons (Fsp3) is 0.0714. The van der Waals surface area contributed by atoms with Crippen molar-refractivity contribution in [1.29, 1.82) is 0 Å². The second-order valence-corrected chi connectivity index (χ2v) is 6.84. The molecule has 0 unspecified atom stereocenters. The van der Waals surface area contributed by atoms with Gasteiger partial charge >= 0.3 is 0 Å². The molecule has 0 aliphatic rings. The van der Waals surface area contributed by atoms with E-state index in [9.17, 15) is 13.2 Å². The number of hydrogen-bond donors (Lipinski definition) is 2.